The van der Waals surface area contributed by atoms with Gasteiger partial charge in [0, 0.05) is 18.9 Å². The van der Waals surface area contributed by atoms with E-state index in [1.54, 1.807) is 18.5 Å². The van der Waals surface area contributed by atoms with E-state index >= 15 is 0 Å². The minimum Gasteiger partial charge on any atom is -0.367 e. The first-order valence-electron chi connectivity index (χ1n) is 10.9. The molecule has 2 aliphatic rings. The third kappa shape index (κ3) is 5.70. The summed E-state index contributed by atoms with van der Waals surface area (Å²) in [7, 11) is 0. The SMILES string of the molecule is CCC(C)(C)CC(NC(=O)c1cc[nH]c1)C(=O)NC1C(=O)COC1CN1CCCC1. The van der Waals surface area contributed by atoms with E-state index in [1.807, 2.05) is 0 Å². The first-order chi connectivity index (χ1) is 14.3. The lowest BCUT2D eigenvalue weighted by atomic mass is 9.83. The first-order valence-corrected chi connectivity index (χ1v) is 10.9. The summed E-state index contributed by atoms with van der Waals surface area (Å²) in [6.07, 6.45) is 6.55. The Bertz CT molecular complexity index is 740. The van der Waals surface area contributed by atoms with Gasteiger partial charge in [-0.1, -0.05) is 27.2 Å². The standard InChI is InChI=1S/C22H34N4O4/c1-4-22(2,3)11-16(24-20(28)15-7-8-23-12-15)21(29)25-19-17(27)14-30-18(19)13-26-9-5-6-10-26/h7-8,12,16,18-19,23H,4-6,9-11,13-14H2,1-3H3,(H,24,28)(H,25,29). The Morgan fingerprint density at radius 2 is 2.07 bits per heavy atom. The van der Waals surface area contributed by atoms with Crippen LogP contribution in [0.3, 0.4) is 0 Å². The third-order valence-electron chi connectivity index (χ3n) is 6.29. The van der Waals surface area contributed by atoms with Gasteiger partial charge >= 0.3 is 0 Å². The first kappa shape index (κ1) is 22.5. The van der Waals surface area contributed by atoms with Crippen molar-refractivity contribution in [3.8, 4) is 0 Å². The Balaban J connectivity index is 1.68. The van der Waals surface area contributed by atoms with Crippen molar-refractivity contribution < 1.29 is 19.1 Å². The molecule has 166 valence electrons. The van der Waals surface area contributed by atoms with Crippen LogP contribution in [0.5, 0.6) is 0 Å². The molecule has 3 heterocycles. The van der Waals surface area contributed by atoms with Crippen LogP contribution in [0, 0.1) is 5.41 Å². The van der Waals surface area contributed by atoms with Crippen LogP contribution in [0.2, 0.25) is 0 Å². The highest BCUT2D eigenvalue weighted by Crippen LogP contribution is 2.27. The summed E-state index contributed by atoms with van der Waals surface area (Å²) in [6.45, 7) is 8.83. The number of nitrogens with one attached hydrogen (secondary N) is 3. The molecule has 2 aliphatic heterocycles. The lowest BCUT2D eigenvalue weighted by Gasteiger charge is -2.30. The van der Waals surface area contributed by atoms with Crippen LogP contribution in [-0.4, -0.2) is 71.9 Å². The van der Waals surface area contributed by atoms with E-state index in [9.17, 15) is 14.4 Å². The van der Waals surface area contributed by atoms with Crippen molar-refractivity contribution >= 4 is 17.6 Å². The van der Waals surface area contributed by atoms with Gasteiger partial charge in [0.05, 0.1) is 11.7 Å². The molecule has 3 atom stereocenters. The van der Waals surface area contributed by atoms with Crippen molar-refractivity contribution in [2.45, 2.75) is 64.6 Å². The van der Waals surface area contributed by atoms with Crippen LogP contribution in [0.4, 0.5) is 0 Å². The van der Waals surface area contributed by atoms with Crippen molar-refractivity contribution in [2.75, 3.05) is 26.2 Å². The highest BCUT2D eigenvalue weighted by molar-refractivity contribution is 5.98. The molecule has 0 saturated carbocycles. The van der Waals surface area contributed by atoms with Gasteiger partial charge in [-0.15, -0.1) is 0 Å². The fraction of sp³-hybridized carbons (Fsp3) is 0.682. The van der Waals surface area contributed by atoms with Gasteiger partial charge < -0.3 is 25.3 Å². The highest BCUT2D eigenvalue weighted by Gasteiger charge is 2.40. The molecule has 8 heteroatoms. The molecule has 2 saturated heterocycles. The van der Waals surface area contributed by atoms with Crippen molar-refractivity contribution in [1.82, 2.24) is 20.5 Å². The molecular weight excluding hydrogens is 384 g/mol. The van der Waals surface area contributed by atoms with Crippen LogP contribution < -0.4 is 10.6 Å². The van der Waals surface area contributed by atoms with Gasteiger partial charge in [-0.25, -0.2) is 0 Å². The number of rotatable bonds is 9. The molecule has 0 radical (unpaired) electrons. The van der Waals surface area contributed by atoms with Gasteiger partial charge in [-0.05, 0) is 43.8 Å². The molecule has 0 bridgehead atoms. The van der Waals surface area contributed by atoms with E-state index in [4.69, 9.17) is 4.74 Å². The number of ether oxygens (including phenoxy) is 1. The zero-order valence-electron chi connectivity index (χ0n) is 18.2. The fourth-order valence-corrected chi connectivity index (χ4v) is 4.00. The number of ketones is 1. The zero-order chi connectivity index (χ0) is 21.7. The van der Waals surface area contributed by atoms with E-state index in [0.29, 0.717) is 18.5 Å². The Hall–Kier alpha value is -2.19. The normalized spacial score (nSPS) is 23.5. The van der Waals surface area contributed by atoms with E-state index in [0.717, 1.165) is 32.4 Å². The van der Waals surface area contributed by atoms with Gasteiger partial charge in [0.15, 0.2) is 5.78 Å². The number of carbonyl (C=O) groups excluding carboxylic acids is 3. The molecule has 0 aliphatic carbocycles. The van der Waals surface area contributed by atoms with Gasteiger partial charge in [-0.3, -0.25) is 14.4 Å². The Labute approximate surface area is 178 Å². The maximum atomic E-state index is 13.2. The predicted octanol–water partition coefficient (Wildman–Crippen LogP) is 1.49. The molecule has 1 aromatic heterocycles. The fourth-order valence-electron chi connectivity index (χ4n) is 4.00. The van der Waals surface area contributed by atoms with E-state index in [2.05, 4.69) is 41.3 Å². The van der Waals surface area contributed by atoms with Crippen molar-refractivity contribution in [3.05, 3.63) is 24.0 Å². The number of hydrogen-bond acceptors (Lipinski definition) is 5. The summed E-state index contributed by atoms with van der Waals surface area (Å²) in [4.78, 5) is 43.3. The predicted molar refractivity (Wildman–Crippen MR) is 113 cm³/mol. The minimum atomic E-state index is -0.733. The molecule has 0 aromatic carbocycles. The monoisotopic (exact) mass is 418 g/mol. The number of amides is 2. The number of H-pyrrole nitrogens is 1. The molecule has 2 fully saturated rings. The second kappa shape index (κ2) is 9.75. The summed E-state index contributed by atoms with van der Waals surface area (Å²) in [5, 5.41) is 5.74. The Morgan fingerprint density at radius 3 is 2.70 bits per heavy atom. The van der Waals surface area contributed by atoms with E-state index in [1.165, 1.54) is 0 Å². The minimum absolute atomic E-state index is 0.0181. The van der Waals surface area contributed by atoms with Crippen molar-refractivity contribution in [3.63, 3.8) is 0 Å². The quantitative estimate of drug-likeness (QED) is 0.564. The van der Waals surface area contributed by atoms with Gasteiger partial charge in [-0.2, -0.15) is 0 Å². The molecular formula is C22H34N4O4. The van der Waals surface area contributed by atoms with Crippen LogP contribution in [0.1, 0.15) is 56.8 Å². The largest absolute Gasteiger partial charge is 0.367 e. The third-order valence-corrected chi connectivity index (χ3v) is 6.29. The number of hydrogen-bond donors (Lipinski definition) is 3. The maximum Gasteiger partial charge on any atom is 0.253 e. The number of aromatic nitrogens is 1. The molecule has 0 spiro atoms. The van der Waals surface area contributed by atoms with Gasteiger partial charge in [0.2, 0.25) is 5.91 Å². The second-order valence-electron chi connectivity index (χ2n) is 9.16. The Morgan fingerprint density at radius 1 is 1.33 bits per heavy atom. The molecule has 2 amide bonds. The number of likely N-dealkylation sites (tertiary alicyclic amines) is 1. The summed E-state index contributed by atoms with van der Waals surface area (Å²) in [5.41, 5.74) is 0.327. The molecule has 3 unspecified atom stereocenters. The van der Waals surface area contributed by atoms with Gasteiger partial charge in [0.25, 0.3) is 5.91 Å². The van der Waals surface area contributed by atoms with E-state index < -0.39 is 12.1 Å². The van der Waals surface area contributed by atoms with Gasteiger partial charge in [0.1, 0.15) is 18.7 Å². The summed E-state index contributed by atoms with van der Waals surface area (Å²) in [6, 6.07) is 0.257. The lowest BCUT2D eigenvalue weighted by molar-refractivity contribution is -0.128. The molecule has 3 rings (SSSR count). The summed E-state index contributed by atoms with van der Waals surface area (Å²) in [5.74, 6) is -0.764. The van der Waals surface area contributed by atoms with Crippen LogP contribution in [0.25, 0.3) is 0 Å². The average Bonchev–Trinajstić information content (AvgIpc) is 3.47. The number of carbonyl (C=O) groups is 3. The lowest BCUT2D eigenvalue weighted by Crippen LogP contribution is -2.55. The number of aromatic amines is 1. The topological polar surface area (TPSA) is 104 Å². The van der Waals surface area contributed by atoms with Crippen molar-refractivity contribution in [1.29, 1.82) is 0 Å². The summed E-state index contributed by atoms with van der Waals surface area (Å²) < 4.78 is 5.69. The molecule has 30 heavy (non-hydrogen) atoms. The summed E-state index contributed by atoms with van der Waals surface area (Å²) >= 11 is 0. The van der Waals surface area contributed by atoms with E-state index in [-0.39, 0.29) is 35.7 Å². The smallest absolute Gasteiger partial charge is 0.253 e. The Kier molecular flexibility index (Phi) is 7.31. The average molecular weight is 419 g/mol. The van der Waals surface area contributed by atoms with Crippen LogP contribution in [0.15, 0.2) is 18.5 Å². The number of Topliss-reactive ketones (excluding diaryl/α,β-unsaturated/α-hetero) is 1. The van der Waals surface area contributed by atoms with Crippen LogP contribution in [-0.2, 0) is 14.3 Å². The zero-order valence-corrected chi connectivity index (χ0v) is 18.2. The van der Waals surface area contributed by atoms with Crippen molar-refractivity contribution in [2.24, 2.45) is 5.41 Å². The van der Waals surface area contributed by atoms with Crippen LogP contribution >= 0.6 is 0 Å². The molecule has 1 aromatic rings. The molecule has 3 N–H and O–H groups in total. The maximum absolute atomic E-state index is 13.2. The number of nitrogens with zero attached hydrogens (tertiary/aromatic N) is 1. The second-order valence-corrected chi connectivity index (χ2v) is 9.16. The highest BCUT2D eigenvalue weighted by atomic mass is 16.5. The molecule has 8 nitrogen and oxygen atoms in total.